The summed E-state index contributed by atoms with van der Waals surface area (Å²) < 4.78 is 68.9. The molecule has 0 aliphatic heterocycles. The minimum Gasteiger partial charge on any atom is -0.462 e. The first-order valence-corrected chi connectivity index (χ1v) is 47.3. The Morgan fingerprint density at radius 1 is 0.231 bits per heavy atom. The molecule has 0 heterocycles. The van der Waals surface area contributed by atoms with Crippen LogP contribution in [0.4, 0.5) is 0 Å². The Bertz CT molecular complexity index is 1960. The number of phosphoric acid groups is 2. The molecule has 2 unspecified atom stereocenters. The number of esters is 4. The molecular formula is C85H166O17P2. The lowest BCUT2D eigenvalue weighted by Gasteiger charge is -2.21. The van der Waals surface area contributed by atoms with Crippen LogP contribution < -0.4 is 0 Å². The summed E-state index contributed by atoms with van der Waals surface area (Å²) in [5.74, 6) is -2.10. The normalized spacial score (nSPS) is 13.7. The van der Waals surface area contributed by atoms with Crippen LogP contribution in [0.1, 0.15) is 464 Å². The Hall–Kier alpha value is -1.94. The van der Waals surface area contributed by atoms with Crippen LogP contribution in [-0.4, -0.2) is 96.7 Å². The van der Waals surface area contributed by atoms with Crippen molar-refractivity contribution < 1.29 is 80.2 Å². The van der Waals surface area contributed by atoms with E-state index in [4.69, 9.17) is 37.0 Å². The summed E-state index contributed by atoms with van der Waals surface area (Å²) in [5.41, 5.74) is 0. The molecule has 104 heavy (non-hydrogen) atoms. The summed E-state index contributed by atoms with van der Waals surface area (Å²) in [5, 5.41) is 10.7. The van der Waals surface area contributed by atoms with Crippen molar-refractivity contribution in [3.63, 3.8) is 0 Å². The molecule has 0 aliphatic rings. The fraction of sp³-hybridized carbons (Fsp3) is 0.953. The van der Waals surface area contributed by atoms with E-state index in [0.717, 1.165) is 89.9 Å². The van der Waals surface area contributed by atoms with Gasteiger partial charge in [-0.1, -0.05) is 413 Å². The molecule has 0 fully saturated rings. The molecule has 0 radical (unpaired) electrons. The van der Waals surface area contributed by atoms with Gasteiger partial charge in [-0.15, -0.1) is 0 Å². The number of aliphatic hydroxyl groups excluding tert-OH is 1. The van der Waals surface area contributed by atoms with E-state index in [1.54, 1.807) is 0 Å². The van der Waals surface area contributed by atoms with Crippen LogP contribution in [0.3, 0.4) is 0 Å². The van der Waals surface area contributed by atoms with Gasteiger partial charge in [-0.3, -0.25) is 37.3 Å². The monoisotopic (exact) mass is 1520 g/mol. The second kappa shape index (κ2) is 79.2. The summed E-state index contributed by atoms with van der Waals surface area (Å²) >= 11 is 0. The van der Waals surface area contributed by atoms with Gasteiger partial charge >= 0.3 is 39.5 Å². The van der Waals surface area contributed by atoms with Gasteiger partial charge in [0.25, 0.3) is 0 Å². The number of carbonyl (C=O) groups excluding carboxylic acids is 4. The standard InChI is InChI=1S/C85H166O17P2/c1-5-9-13-17-21-25-29-33-36-38-40-41-43-45-48-52-56-60-64-68-72-85(90)102-81(76-96-83(88)70-66-62-58-54-50-47-44-42-39-37-34-30-26-22-18-14-10-6-2)78-100-104(93,94)98-74-79(86)73-97-103(91,92)99-77-80(75-95-82(87)69-65-61-57-53-49-32-28-24-20-16-12-8-4)101-84(89)71-67-63-59-55-51-46-35-31-27-23-19-15-11-7-3/h79-81,86H,5-78H2,1-4H3,(H,91,92)(H,93,94)/t79-,80+,81+/m0/s1. The number of ether oxygens (including phenoxy) is 4. The van der Waals surface area contributed by atoms with Gasteiger partial charge in [0, 0.05) is 25.7 Å². The fourth-order valence-corrected chi connectivity index (χ4v) is 14.9. The minimum atomic E-state index is -4.96. The second-order valence-electron chi connectivity index (χ2n) is 30.6. The highest BCUT2D eigenvalue weighted by Crippen LogP contribution is 2.45. The molecule has 0 amide bonds. The van der Waals surface area contributed by atoms with Gasteiger partial charge in [-0.05, 0) is 25.7 Å². The van der Waals surface area contributed by atoms with E-state index in [1.165, 1.54) is 295 Å². The van der Waals surface area contributed by atoms with Crippen LogP contribution in [0.25, 0.3) is 0 Å². The third-order valence-corrected chi connectivity index (χ3v) is 22.0. The van der Waals surface area contributed by atoms with Crippen LogP contribution in [0.2, 0.25) is 0 Å². The number of hydrogen-bond acceptors (Lipinski definition) is 15. The number of carbonyl (C=O) groups is 4. The fourth-order valence-electron chi connectivity index (χ4n) is 13.3. The van der Waals surface area contributed by atoms with Crippen LogP contribution in [0, 0.1) is 0 Å². The van der Waals surface area contributed by atoms with Crippen LogP contribution in [-0.2, 0) is 65.4 Å². The average Bonchev–Trinajstić information content (AvgIpc) is 0.935. The first-order chi connectivity index (χ1) is 50.7. The highest BCUT2D eigenvalue weighted by molar-refractivity contribution is 7.47. The third kappa shape index (κ3) is 78.2. The van der Waals surface area contributed by atoms with Crippen molar-refractivity contribution in [2.24, 2.45) is 0 Å². The molecule has 17 nitrogen and oxygen atoms in total. The summed E-state index contributed by atoms with van der Waals surface area (Å²) in [6, 6.07) is 0. The first kappa shape index (κ1) is 102. The molecule has 5 atom stereocenters. The Balaban J connectivity index is 5.24. The zero-order valence-corrected chi connectivity index (χ0v) is 69.8. The molecule has 0 aromatic heterocycles. The van der Waals surface area contributed by atoms with Gasteiger partial charge in [0.05, 0.1) is 26.4 Å². The van der Waals surface area contributed by atoms with Crippen LogP contribution in [0.5, 0.6) is 0 Å². The molecule has 3 N–H and O–H groups in total. The highest BCUT2D eigenvalue weighted by atomic mass is 31.2. The number of rotatable bonds is 86. The van der Waals surface area contributed by atoms with E-state index >= 15 is 0 Å². The van der Waals surface area contributed by atoms with Crippen LogP contribution in [0.15, 0.2) is 0 Å². The number of aliphatic hydroxyl groups is 1. The van der Waals surface area contributed by atoms with E-state index in [2.05, 4.69) is 27.7 Å². The van der Waals surface area contributed by atoms with Crippen molar-refractivity contribution in [2.45, 2.75) is 483 Å². The van der Waals surface area contributed by atoms with E-state index in [-0.39, 0.29) is 25.7 Å². The molecule has 0 bridgehead atoms. The first-order valence-electron chi connectivity index (χ1n) is 44.3. The zero-order chi connectivity index (χ0) is 76.0. The summed E-state index contributed by atoms with van der Waals surface area (Å²) in [7, 11) is -9.92. The van der Waals surface area contributed by atoms with Crippen molar-refractivity contribution in [3.05, 3.63) is 0 Å². The highest BCUT2D eigenvalue weighted by Gasteiger charge is 2.30. The third-order valence-electron chi connectivity index (χ3n) is 20.1. The lowest BCUT2D eigenvalue weighted by atomic mass is 10.0. The molecule has 0 aromatic carbocycles. The van der Waals surface area contributed by atoms with Crippen molar-refractivity contribution in [2.75, 3.05) is 39.6 Å². The van der Waals surface area contributed by atoms with Crippen LogP contribution >= 0.6 is 15.6 Å². The van der Waals surface area contributed by atoms with Gasteiger partial charge < -0.3 is 33.8 Å². The Kier molecular flexibility index (Phi) is 77.7. The van der Waals surface area contributed by atoms with Gasteiger partial charge in [-0.25, -0.2) is 9.13 Å². The predicted molar refractivity (Wildman–Crippen MR) is 428 cm³/mol. The topological polar surface area (TPSA) is 237 Å². The lowest BCUT2D eigenvalue weighted by molar-refractivity contribution is -0.161. The second-order valence-corrected chi connectivity index (χ2v) is 33.5. The summed E-state index contributed by atoms with van der Waals surface area (Å²) in [4.78, 5) is 73.2. The van der Waals surface area contributed by atoms with Crippen molar-refractivity contribution >= 4 is 39.5 Å². The van der Waals surface area contributed by atoms with E-state index in [1.807, 2.05) is 0 Å². The Morgan fingerprint density at radius 3 is 0.567 bits per heavy atom. The maximum absolute atomic E-state index is 13.1. The number of hydrogen-bond donors (Lipinski definition) is 3. The SMILES string of the molecule is CCCCCCCCCCCCCCCCCCCCCCC(=O)O[C@H](COC(=O)CCCCCCCCCCCCCCCCCCCC)COP(=O)(O)OC[C@@H](O)COP(=O)(O)OC[C@@H](COC(=O)CCCCCCCCCCCCCC)OC(=O)CCCCCCCCCCCCCCCC. The quantitative estimate of drug-likeness (QED) is 0.0222. The molecule has 0 rings (SSSR count). The number of unbranched alkanes of at least 4 members (excludes halogenated alkanes) is 60. The molecule has 0 aromatic rings. The molecule has 0 aliphatic carbocycles. The van der Waals surface area contributed by atoms with Gasteiger partial charge in [0.2, 0.25) is 0 Å². The minimum absolute atomic E-state index is 0.109. The zero-order valence-electron chi connectivity index (χ0n) is 68.0. The largest absolute Gasteiger partial charge is 0.472 e. The molecule has 0 saturated heterocycles. The van der Waals surface area contributed by atoms with E-state index in [0.29, 0.717) is 25.7 Å². The van der Waals surface area contributed by atoms with Crippen molar-refractivity contribution in [1.82, 2.24) is 0 Å². The van der Waals surface area contributed by atoms with Gasteiger partial charge in [-0.2, -0.15) is 0 Å². The van der Waals surface area contributed by atoms with E-state index < -0.39 is 97.5 Å². The maximum atomic E-state index is 13.1. The van der Waals surface area contributed by atoms with Gasteiger partial charge in [0.15, 0.2) is 12.2 Å². The smallest absolute Gasteiger partial charge is 0.462 e. The average molecular weight is 1520 g/mol. The predicted octanol–water partition coefficient (Wildman–Crippen LogP) is 26.1. The Labute approximate surface area is 638 Å². The summed E-state index contributed by atoms with van der Waals surface area (Å²) in [6.07, 6.45) is 73.5. The molecule has 0 saturated carbocycles. The maximum Gasteiger partial charge on any atom is 0.472 e. The Morgan fingerprint density at radius 2 is 0.385 bits per heavy atom. The van der Waals surface area contributed by atoms with E-state index in [9.17, 15) is 43.2 Å². The molecule has 618 valence electrons. The molecule has 19 heteroatoms. The molecular weight excluding hydrogens is 1350 g/mol. The van der Waals surface area contributed by atoms with Crippen molar-refractivity contribution in [3.8, 4) is 0 Å². The molecule has 0 spiro atoms. The lowest BCUT2D eigenvalue weighted by Crippen LogP contribution is -2.30. The summed E-state index contributed by atoms with van der Waals surface area (Å²) in [6.45, 7) is 5.06. The van der Waals surface area contributed by atoms with Gasteiger partial charge in [0.1, 0.15) is 19.3 Å². The number of phosphoric ester groups is 2. The van der Waals surface area contributed by atoms with Crippen molar-refractivity contribution in [1.29, 1.82) is 0 Å².